The first-order chi connectivity index (χ1) is 11.6. The Hall–Kier alpha value is -2.62. The summed E-state index contributed by atoms with van der Waals surface area (Å²) < 4.78 is 10.9. The number of rotatable bonds is 4. The van der Waals surface area contributed by atoms with Crippen LogP contribution in [-0.2, 0) is 9.53 Å². The molecule has 1 unspecified atom stereocenters. The van der Waals surface area contributed by atoms with Gasteiger partial charge in [-0.25, -0.2) is 4.99 Å². The minimum absolute atomic E-state index is 0.225. The van der Waals surface area contributed by atoms with Crippen molar-refractivity contribution in [3.63, 3.8) is 0 Å². The first-order valence-corrected chi connectivity index (χ1v) is 8.16. The molecule has 0 bridgehead atoms. The fourth-order valence-electron chi connectivity index (χ4n) is 2.63. The third-order valence-corrected chi connectivity index (χ3v) is 4.13. The van der Waals surface area contributed by atoms with Crippen LogP contribution in [0.5, 0.6) is 5.75 Å². The fraction of sp³-hybridized carbons (Fsp3) is 0.300. The third-order valence-electron chi connectivity index (χ3n) is 4.13. The lowest BCUT2D eigenvalue weighted by atomic mass is 10.00. The van der Waals surface area contributed by atoms with Crippen molar-refractivity contribution < 1.29 is 14.3 Å². The number of aliphatic imine (C=N–C) groups is 1. The Bertz CT molecular complexity index is 778. The zero-order valence-corrected chi connectivity index (χ0v) is 14.2. The Morgan fingerprint density at radius 2 is 2.00 bits per heavy atom. The van der Waals surface area contributed by atoms with Gasteiger partial charge in [-0.3, -0.25) is 4.79 Å². The Morgan fingerprint density at radius 3 is 2.71 bits per heavy atom. The van der Waals surface area contributed by atoms with E-state index in [1.165, 1.54) is 5.56 Å². The van der Waals surface area contributed by atoms with Crippen molar-refractivity contribution in [1.82, 2.24) is 0 Å². The molecule has 0 spiro atoms. The van der Waals surface area contributed by atoms with Crippen LogP contribution in [0.4, 0.5) is 5.69 Å². The van der Waals surface area contributed by atoms with Crippen LogP contribution in [0.25, 0.3) is 0 Å². The van der Waals surface area contributed by atoms with Gasteiger partial charge in [-0.05, 0) is 44.0 Å². The number of hydrogen-bond donors (Lipinski definition) is 0. The second-order valence-corrected chi connectivity index (χ2v) is 5.91. The molecule has 0 aromatic heterocycles. The summed E-state index contributed by atoms with van der Waals surface area (Å²) in [6.07, 6.45) is 0. The minimum atomic E-state index is -0.324. The maximum atomic E-state index is 11.9. The van der Waals surface area contributed by atoms with Crippen LogP contribution in [0.15, 0.2) is 47.5 Å². The molecular formula is C20H21NO3. The molecule has 2 aromatic carbocycles. The lowest BCUT2D eigenvalue weighted by molar-refractivity contribution is -0.144. The summed E-state index contributed by atoms with van der Waals surface area (Å²) in [5.74, 6) is 0.192. The summed E-state index contributed by atoms with van der Waals surface area (Å²) in [5, 5.41) is 0. The summed E-state index contributed by atoms with van der Waals surface area (Å²) in [5.41, 5.74) is 4.79. The quantitative estimate of drug-likeness (QED) is 0.793. The molecule has 24 heavy (non-hydrogen) atoms. The van der Waals surface area contributed by atoms with Crippen LogP contribution in [0, 0.1) is 6.92 Å². The van der Waals surface area contributed by atoms with Gasteiger partial charge in [0.2, 0.25) is 0 Å². The number of nitrogens with zero attached hydrogens (tertiary/aromatic N) is 1. The van der Waals surface area contributed by atoms with E-state index < -0.39 is 0 Å². The fourth-order valence-corrected chi connectivity index (χ4v) is 2.63. The number of aryl methyl sites for hydroxylation is 1. The van der Waals surface area contributed by atoms with Gasteiger partial charge in [0.25, 0.3) is 0 Å². The summed E-state index contributed by atoms with van der Waals surface area (Å²) in [4.78, 5) is 16.7. The molecule has 4 nitrogen and oxygen atoms in total. The van der Waals surface area contributed by atoms with E-state index in [1.807, 2.05) is 44.2 Å². The maximum Gasteiger partial charge on any atom is 0.313 e. The van der Waals surface area contributed by atoms with Crippen molar-refractivity contribution in [3.05, 3.63) is 59.2 Å². The summed E-state index contributed by atoms with van der Waals surface area (Å²) in [7, 11) is 0. The van der Waals surface area contributed by atoms with E-state index in [1.54, 1.807) is 0 Å². The van der Waals surface area contributed by atoms with E-state index >= 15 is 0 Å². The molecule has 124 valence electrons. The van der Waals surface area contributed by atoms with Crippen molar-refractivity contribution in [1.29, 1.82) is 0 Å². The van der Waals surface area contributed by atoms with Gasteiger partial charge in [0.1, 0.15) is 18.0 Å². The molecule has 0 radical (unpaired) electrons. The molecule has 0 aliphatic carbocycles. The monoisotopic (exact) mass is 323 g/mol. The molecule has 0 fully saturated rings. The Morgan fingerprint density at radius 1 is 1.25 bits per heavy atom. The first kappa shape index (κ1) is 16.2. The Kier molecular flexibility index (Phi) is 4.65. The number of benzene rings is 2. The van der Waals surface area contributed by atoms with E-state index in [0.29, 0.717) is 13.2 Å². The molecule has 4 heteroatoms. The van der Waals surface area contributed by atoms with Gasteiger partial charge in [0.05, 0.1) is 18.2 Å². The zero-order valence-electron chi connectivity index (χ0n) is 14.2. The van der Waals surface area contributed by atoms with E-state index in [4.69, 9.17) is 14.5 Å². The molecule has 1 heterocycles. The van der Waals surface area contributed by atoms with Gasteiger partial charge in [-0.2, -0.15) is 0 Å². The van der Waals surface area contributed by atoms with Gasteiger partial charge >= 0.3 is 5.97 Å². The average Bonchev–Trinajstić information content (AvgIpc) is 2.61. The number of esters is 1. The highest BCUT2D eigenvalue weighted by molar-refractivity contribution is 6.04. The third kappa shape index (κ3) is 3.32. The minimum Gasteiger partial charge on any atom is -0.485 e. The highest BCUT2D eigenvalue weighted by Crippen LogP contribution is 2.34. The predicted molar refractivity (Wildman–Crippen MR) is 94.4 cm³/mol. The van der Waals surface area contributed by atoms with E-state index in [-0.39, 0.29) is 11.9 Å². The number of carbonyl (C=O) groups is 1. The number of carbonyl (C=O) groups excluding carboxylic acids is 1. The van der Waals surface area contributed by atoms with Gasteiger partial charge < -0.3 is 9.47 Å². The molecule has 2 aromatic rings. The van der Waals surface area contributed by atoms with Crippen molar-refractivity contribution in [2.24, 2.45) is 4.99 Å². The second-order valence-electron chi connectivity index (χ2n) is 5.91. The standard InChI is InChI=1S/C20H21NO3/c1-4-23-20(22)14(3)16-9-10-19-17(11-16)21-18(12-24-19)15-7-5-13(2)6-8-15/h5-11,14H,4,12H2,1-3H3. The van der Waals surface area contributed by atoms with Crippen LogP contribution in [0.3, 0.4) is 0 Å². The molecule has 3 rings (SSSR count). The highest BCUT2D eigenvalue weighted by atomic mass is 16.5. The topological polar surface area (TPSA) is 47.9 Å². The largest absolute Gasteiger partial charge is 0.485 e. The average molecular weight is 323 g/mol. The van der Waals surface area contributed by atoms with Crippen molar-refractivity contribution >= 4 is 17.4 Å². The van der Waals surface area contributed by atoms with E-state index in [2.05, 4.69) is 19.1 Å². The Labute approximate surface area is 142 Å². The number of hydrogen-bond acceptors (Lipinski definition) is 4. The van der Waals surface area contributed by atoms with Crippen LogP contribution < -0.4 is 4.74 Å². The second kappa shape index (κ2) is 6.87. The number of ether oxygens (including phenoxy) is 2. The van der Waals surface area contributed by atoms with Crippen molar-refractivity contribution in [2.75, 3.05) is 13.2 Å². The molecule has 1 atom stereocenters. The summed E-state index contributed by atoms with van der Waals surface area (Å²) in [6, 6.07) is 13.9. The predicted octanol–water partition coefficient (Wildman–Crippen LogP) is 4.17. The molecule has 0 saturated carbocycles. The highest BCUT2D eigenvalue weighted by Gasteiger charge is 2.20. The smallest absolute Gasteiger partial charge is 0.313 e. The summed E-state index contributed by atoms with van der Waals surface area (Å²) in [6.45, 7) is 6.54. The van der Waals surface area contributed by atoms with Gasteiger partial charge in [-0.15, -0.1) is 0 Å². The SMILES string of the molecule is CCOC(=O)C(C)c1ccc2c(c1)N=C(c1ccc(C)cc1)CO2. The van der Waals surface area contributed by atoms with Crippen molar-refractivity contribution in [2.45, 2.75) is 26.7 Å². The molecular weight excluding hydrogens is 302 g/mol. The van der Waals surface area contributed by atoms with Crippen LogP contribution >= 0.6 is 0 Å². The Balaban J connectivity index is 1.91. The molecule has 0 saturated heterocycles. The first-order valence-electron chi connectivity index (χ1n) is 8.16. The molecule has 1 aliphatic rings. The lowest BCUT2D eigenvalue weighted by Crippen LogP contribution is -2.17. The van der Waals surface area contributed by atoms with E-state index in [9.17, 15) is 4.79 Å². The van der Waals surface area contributed by atoms with Crippen LogP contribution in [0.2, 0.25) is 0 Å². The molecule has 0 amide bonds. The normalized spacial score (nSPS) is 14.2. The van der Waals surface area contributed by atoms with Gasteiger partial charge in [-0.1, -0.05) is 35.9 Å². The zero-order chi connectivity index (χ0) is 17.1. The maximum absolute atomic E-state index is 11.9. The van der Waals surface area contributed by atoms with Crippen molar-refractivity contribution in [3.8, 4) is 5.75 Å². The van der Waals surface area contributed by atoms with E-state index in [0.717, 1.165) is 28.3 Å². The molecule has 0 N–H and O–H groups in total. The number of fused-ring (bicyclic) bond motifs is 1. The van der Waals surface area contributed by atoms with Gasteiger partial charge in [0.15, 0.2) is 0 Å². The van der Waals surface area contributed by atoms with Crippen LogP contribution in [0.1, 0.15) is 36.5 Å². The summed E-state index contributed by atoms with van der Waals surface area (Å²) >= 11 is 0. The molecule has 1 aliphatic heterocycles. The van der Waals surface area contributed by atoms with Crippen LogP contribution in [-0.4, -0.2) is 24.9 Å². The lowest BCUT2D eigenvalue weighted by Gasteiger charge is -2.19. The van der Waals surface area contributed by atoms with Gasteiger partial charge in [0, 0.05) is 0 Å².